The van der Waals surface area contributed by atoms with E-state index in [2.05, 4.69) is 6.92 Å². The van der Waals surface area contributed by atoms with Crippen LogP contribution in [0.1, 0.15) is 51.9 Å². The van der Waals surface area contributed by atoms with Crippen LogP contribution in [0.4, 0.5) is 0 Å². The van der Waals surface area contributed by atoms with Crippen LogP contribution in [-0.2, 0) is 9.53 Å². The molecule has 0 aromatic rings. The van der Waals surface area contributed by atoms with Gasteiger partial charge in [-0.15, -0.1) is 0 Å². The van der Waals surface area contributed by atoms with Crippen LogP contribution >= 0.6 is 0 Å². The van der Waals surface area contributed by atoms with E-state index in [0.29, 0.717) is 12.0 Å². The Morgan fingerprint density at radius 3 is 2.68 bits per heavy atom. The predicted octanol–water partition coefficient (Wildman–Crippen LogP) is 4.22. The molecular weight excluding hydrogens is 240 g/mol. The van der Waals surface area contributed by atoms with Crippen molar-refractivity contribution in [3.8, 4) is 0 Å². The van der Waals surface area contributed by atoms with Gasteiger partial charge in [-0.1, -0.05) is 51.2 Å². The number of hydrogen-bond donors (Lipinski definition) is 1. The lowest BCUT2D eigenvalue weighted by atomic mass is 10.1. The molecule has 0 aromatic carbocycles. The Bertz CT molecular complexity index is 364. The van der Waals surface area contributed by atoms with Crippen molar-refractivity contribution in [2.75, 3.05) is 6.61 Å². The zero-order valence-corrected chi connectivity index (χ0v) is 11.7. The molecule has 0 atom stereocenters. The van der Waals surface area contributed by atoms with Crippen molar-refractivity contribution < 1.29 is 14.6 Å². The molecule has 106 valence electrons. The lowest BCUT2D eigenvalue weighted by Crippen LogP contribution is -1.96. The molecule has 3 nitrogen and oxygen atoms in total. The van der Waals surface area contributed by atoms with E-state index in [1.807, 2.05) is 6.08 Å². The molecule has 0 spiro atoms. The summed E-state index contributed by atoms with van der Waals surface area (Å²) in [6.45, 7) is 2.94. The van der Waals surface area contributed by atoms with E-state index >= 15 is 0 Å². The number of aliphatic carboxylic acids is 1. The molecule has 0 saturated carbocycles. The highest BCUT2D eigenvalue weighted by Crippen LogP contribution is 2.14. The first-order valence-corrected chi connectivity index (χ1v) is 7.17. The molecule has 0 aromatic heterocycles. The smallest absolute Gasteiger partial charge is 0.335 e. The summed E-state index contributed by atoms with van der Waals surface area (Å²) in [5, 5.41) is 8.88. The van der Waals surface area contributed by atoms with Crippen molar-refractivity contribution in [2.45, 2.75) is 51.9 Å². The maximum absolute atomic E-state index is 10.8. The van der Waals surface area contributed by atoms with E-state index in [4.69, 9.17) is 9.84 Å². The van der Waals surface area contributed by atoms with E-state index in [0.717, 1.165) is 18.8 Å². The van der Waals surface area contributed by atoms with Crippen LogP contribution in [0.15, 0.2) is 35.6 Å². The van der Waals surface area contributed by atoms with E-state index in [-0.39, 0.29) is 0 Å². The Hall–Kier alpha value is -1.51. The van der Waals surface area contributed by atoms with Crippen molar-refractivity contribution in [1.82, 2.24) is 0 Å². The first-order valence-electron chi connectivity index (χ1n) is 7.17. The molecule has 0 fully saturated rings. The molecule has 0 unspecified atom stereocenters. The molecule has 0 heterocycles. The van der Waals surface area contributed by atoms with Gasteiger partial charge in [-0.25, -0.2) is 4.79 Å². The van der Waals surface area contributed by atoms with Crippen molar-refractivity contribution in [3.63, 3.8) is 0 Å². The van der Waals surface area contributed by atoms with Gasteiger partial charge in [0.2, 0.25) is 0 Å². The Kier molecular flexibility index (Phi) is 7.71. The van der Waals surface area contributed by atoms with E-state index in [9.17, 15) is 4.79 Å². The van der Waals surface area contributed by atoms with Crippen LogP contribution in [0.2, 0.25) is 0 Å². The summed E-state index contributed by atoms with van der Waals surface area (Å²) in [6, 6.07) is 0. The highest BCUT2D eigenvalue weighted by Gasteiger charge is 2.05. The third-order valence-corrected chi connectivity index (χ3v) is 3.10. The largest absolute Gasteiger partial charge is 0.498 e. The number of hydrogen-bond acceptors (Lipinski definition) is 2. The average molecular weight is 264 g/mol. The topological polar surface area (TPSA) is 46.5 Å². The van der Waals surface area contributed by atoms with Gasteiger partial charge in [0.05, 0.1) is 17.9 Å². The van der Waals surface area contributed by atoms with Gasteiger partial charge in [-0.3, -0.25) is 0 Å². The van der Waals surface area contributed by atoms with Crippen LogP contribution in [0.3, 0.4) is 0 Å². The van der Waals surface area contributed by atoms with Gasteiger partial charge in [0, 0.05) is 6.42 Å². The van der Waals surface area contributed by atoms with Crippen LogP contribution in [0.25, 0.3) is 0 Å². The van der Waals surface area contributed by atoms with Crippen LogP contribution in [0.5, 0.6) is 0 Å². The fraction of sp³-hybridized carbons (Fsp3) is 0.562. The Morgan fingerprint density at radius 2 is 1.95 bits per heavy atom. The Balaban J connectivity index is 2.19. The molecule has 1 N–H and O–H groups in total. The normalized spacial score (nSPS) is 14.6. The third kappa shape index (κ3) is 6.85. The van der Waals surface area contributed by atoms with Crippen molar-refractivity contribution >= 4 is 5.97 Å². The molecule has 19 heavy (non-hydrogen) atoms. The zero-order valence-electron chi connectivity index (χ0n) is 11.7. The van der Waals surface area contributed by atoms with Crippen molar-refractivity contribution in [3.05, 3.63) is 35.6 Å². The van der Waals surface area contributed by atoms with Gasteiger partial charge < -0.3 is 9.84 Å². The highest BCUT2D eigenvalue weighted by molar-refractivity contribution is 5.90. The average Bonchev–Trinajstić information content (AvgIpc) is 2.63. The van der Waals surface area contributed by atoms with E-state index in [1.54, 1.807) is 18.2 Å². The van der Waals surface area contributed by atoms with Crippen LogP contribution in [-0.4, -0.2) is 17.7 Å². The molecule has 0 radical (unpaired) electrons. The maximum atomic E-state index is 10.8. The molecular formula is C16H24O3. The second-order valence-corrected chi connectivity index (χ2v) is 4.78. The van der Waals surface area contributed by atoms with Gasteiger partial charge in [0.25, 0.3) is 0 Å². The summed E-state index contributed by atoms with van der Waals surface area (Å²) >= 11 is 0. The molecule has 3 heteroatoms. The summed E-state index contributed by atoms with van der Waals surface area (Å²) in [5.74, 6) is -0.0502. The summed E-state index contributed by atoms with van der Waals surface area (Å²) in [7, 11) is 0. The first kappa shape index (κ1) is 15.5. The molecule has 1 aliphatic carbocycles. The Labute approximate surface area is 115 Å². The van der Waals surface area contributed by atoms with Gasteiger partial charge in [-0.2, -0.15) is 0 Å². The summed E-state index contributed by atoms with van der Waals surface area (Å²) in [5.41, 5.74) is 0.304. The van der Waals surface area contributed by atoms with Gasteiger partial charge in [-0.05, 0) is 18.6 Å². The highest BCUT2D eigenvalue weighted by atomic mass is 16.5. The molecule has 0 saturated heterocycles. The fourth-order valence-electron chi connectivity index (χ4n) is 1.94. The Morgan fingerprint density at radius 1 is 1.21 bits per heavy atom. The number of carboxylic acids is 1. The predicted molar refractivity (Wildman–Crippen MR) is 76.9 cm³/mol. The monoisotopic (exact) mass is 264 g/mol. The standard InChI is InChI=1S/C16H24O3/c1-2-3-4-5-6-7-13-19-15-10-8-9-14(11-12-15)16(17)18/h8-9,11-12H,2-7,10,13H2,1H3,(H,17,18). The molecule has 0 bridgehead atoms. The second-order valence-electron chi connectivity index (χ2n) is 4.78. The molecule has 1 rings (SSSR count). The quantitative estimate of drug-likeness (QED) is 0.634. The first-order chi connectivity index (χ1) is 9.24. The number of unbranched alkanes of at least 4 members (excludes halogenated alkanes) is 5. The van der Waals surface area contributed by atoms with E-state index < -0.39 is 5.97 Å². The molecule has 1 aliphatic rings. The second kappa shape index (κ2) is 9.42. The lowest BCUT2D eigenvalue weighted by Gasteiger charge is -2.07. The number of carbonyl (C=O) groups is 1. The minimum atomic E-state index is -0.898. The maximum Gasteiger partial charge on any atom is 0.335 e. The minimum Gasteiger partial charge on any atom is -0.498 e. The summed E-state index contributed by atoms with van der Waals surface area (Å²) in [6.07, 6.45) is 14.9. The zero-order chi connectivity index (χ0) is 13.9. The van der Waals surface area contributed by atoms with Crippen molar-refractivity contribution in [1.29, 1.82) is 0 Å². The third-order valence-electron chi connectivity index (χ3n) is 3.10. The van der Waals surface area contributed by atoms with Gasteiger partial charge >= 0.3 is 5.97 Å². The van der Waals surface area contributed by atoms with Gasteiger partial charge in [0.1, 0.15) is 0 Å². The van der Waals surface area contributed by atoms with E-state index in [1.165, 1.54) is 32.1 Å². The summed E-state index contributed by atoms with van der Waals surface area (Å²) in [4.78, 5) is 10.8. The van der Waals surface area contributed by atoms with Crippen LogP contribution < -0.4 is 0 Å². The van der Waals surface area contributed by atoms with Crippen LogP contribution in [0, 0.1) is 0 Å². The van der Waals surface area contributed by atoms with Gasteiger partial charge in [0.15, 0.2) is 0 Å². The lowest BCUT2D eigenvalue weighted by molar-refractivity contribution is -0.132. The number of allylic oxidation sites excluding steroid dienone is 3. The molecule has 0 amide bonds. The number of ether oxygens (including phenoxy) is 1. The van der Waals surface area contributed by atoms with Crippen molar-refractivity contribution in [2.24, 2.45) is 0 Å². The number of carboxylic acid groups (broad SMARTS) is 1. The summed E-state index contributed by atoms with van der Waals surface area (Å²) < 4.78 is 5.67. The fourth-order valence-corrected chi connectivity index (χ4v) is 1.94. The SMILES string of the molecule is CCCCCCCCOC1=CC=C(C(=O)O)C=CC1. The minimum absolute atomic E-state index is 0.304. The molecule has 0 aliphatic heterocycles. The number of rotatable bonds is 9.